The average molecular weight is 568 g/mol. The summed E-state index contributed by atoms with van der Waals surface area (Å²) in [5.41, 5.74) is 2.86. The summed E-state index contributed by atoms with van der Waals surface area (Å²) >= 11 is 0. The van der Waals surface area contributed by atoms with E-state index in [1.54, 1.807) is 4.90 Å². The Kier molecular flexibility index (Phi) is 10.3. The van der Waals surface area contributed by atoms with E-state index in [1.165, 1.54) is 40.4 Å². The van der Waals surface area contributed by atoms with Gasteiger partial charge in [0.25, 0.3) is 0 Å². The van der Waals surface area contributed by atoms with Crippen LogP contribution in [0.1, 0.15) is 40.4 Å². The molecular formula is C30H32Cl2N4O3. The molecule has 1 aliphatic heterocycles. The van der Waals surface area contributed by atoms with Gasteiger partial charge in [-0.2, -0.15) is 0 Å². The maximum absolute atomic E-state index is 13.1. The number of carbonyl (C=O) groups is 2. The first kappa shape index (κ1) is 29.9. The molecule has 1 saturated heterocycles. The maximum atomic E-state index is 13.1. The second-order valence-electron chi connectivity index (χ2n) is 9.58. The SMILES string of the molecule is C[C@@H](NC[C@H]1CN(C(=O)Nc2cncc(C(=O)O)c2)C[C@@H]1c1ccccc1)c1cccc2ccccc12.Cl.Cl. The van der Waals surface area contributed by atoms with Crippen LogP contribution in [0.15, 0.2) is 91.3 Å². The van der Waals surface area contributed by atoms with E-state index < -0.39 is 5.97 Å². The Labute approximate surface area is 240 Å². The smallest absolute Gasteiger partial charge is 0.337 e. The molecule has 39 heavy (non-hydrogen) atoms. The zero-order valence-electron chi connectivity index (χ0n) is 21.5. The highest BCUT2D eigenvalue weighted by atomic mass is 35.5. The molecule has 204 valence electrons. The van der Waals surface area contributed by atoms with Crippen LogP contribution in [0, 0.1) is 5.92 Å². The number of hydrogen-bond donors (Lipinski definition) is 3. The number of nitrogens with one attached hydrogen (secondary N) is 2. The number of urea groups is 1. The van der Waals surface area contributed by atoms with Gasteiger partial charge in [-0.1, -0.05) is 72.8 Å². The number of rotatable bonds is 7. The number of carbonyl (C=O) groups excluding carboxylic acids is 1. The van der Waals surface area contributed by atoms with Crippen LogP contribution >= 0.6 is 24.8 Å². The van der Waals surface area contributed by atoms with Gasteiger partial charge in [0.15, 0.2) is 0 Å². The number of fused-ring (bicyclic) bond motifs is 1. The summed E-state index contributed by atoms with van der Waals surface area (Å²) < 4.78 is 0. The monoisotopic (exact) mass is 566 g/mol. The van der Waals surface area contributed by atoms with Gasteiger partial charge < -0.3 is 20.6 Å². The quantitative estimate of drug-likeness (QED) is 0.241. The van der Waals surface area contributed by atoms with Crippen LogP contribution in [0.4, 0.5) is 10.5 Å². The van der Waals surface area contributed by atoms with E-state index in [9.17, 15) is 14.7 Å². The van der Waals surface area contributed by atoms with Crippen molar-refractivity contribution in [3.05, 3.63) is 108 Å². The molecule has 2 heterocycles. The Hall–Kier alpha value is -3.65. The molecule has 1 aromatic heterocycles. The third kappa shape index (κ3) is 6.87. The summed E-state index contributed by atoms with van der Waals surface area (Å²) in [5.74, 6) is -0.683. The molecule has 4 aromatic rings. The fourth-order valence-corrected chi connectivity index (χ4v) is 5.22. The lowest BCUT2D eigenvalue weighted by Gasteiger charge is -2.23. The van der Waals surface area contributed by atoms with Crippen molar-refractivity contribution < 1.29 is 14.7 Å². The minimum atomic E-state index is -1.08. The summed E-state index contributed by atoms with van der Waals surface area (Å²) in [7, 11) is 0. The van der Waals surface area contributed by atoms with E-state index >= 15 is 0 Å². The van der Waals surface area contributed by atoms with Crippen LogP contribution in [0.3, 0.4) is 0 Å². The van der Waals surface area contributed by atoms with Crippen molar-refractivity contribution in [2.75, 3.05) is 25.0 Å². The van der Waals surface area contributed by atoms with Gasteiger partial charge in [0.2, 0.25) is 0 Å². The topological polar surface area (TPSA) is 94.6 Å². The third-order valence-corrected chi connectivity index (χ3v) is 7.17. The van der Waals surface area contributed by atoms with Gasteiger partial charge in [-0.05, 0) is 40.8 Å². The molecule has 1 fully saturated rings. The fourth-order valence-electron chi connectivity index (χ4n) is 5.22. The predicted molar refractivity (Wildman–Crippen MR) is 159 cm³/mol. The van der Waals surface area contributed by atoms with E-state index in [0.717, 1.165) is 6.54 Å². The number of aromatic nitrogens is 1. The Morgan fingerprint density at radius 2 is 1.69 bits per heavy atom. The lowest BCUT2D eigenvalue weighted by Crippen LogP contribution is -2.34. The molecule has 3 aromatic carbocycles. The average Bonchev–Trinajstić information content (AvgIpc) is 3.36. The lowest BCUT2D eigenvalue weighted by molar-refractivity contribution is 0.0696. The summed E-state index contributed by atoms with van der Waals surface area (Å²) in [6.07, 6.45) is 2.72. The summed E-state index contributed by atoms with van der Waals surface area (Å²) in [5, 5.41) is 18.2. The fraction of sp³-hybridized carbons (Fsp3) is 0.233. The summed E-state index contributed by atoms with van der Waals surface area (Å²) in [6.45, 7) is 4.11. The highest BCUT2D eigenvalue weighted by Crippen LogP contribution is 2.33. The number of anilines is 1. The number of amides is 2. The largest absolute Gasteiger partial charge is 0.478 e. The van der Waals surface area contributed by atoms with Crippen LogP contribution in [-0.2, 0) is 0 Å². The number of benzene rings is 3. The standard InChI is InChI=1S/C30H30N4O3.2ClH/c1-20(26-13-7-11-21-10-5-6-12-27(21)26)32-16-24-18-34(19-28(24)22-8-3-2-4-9-22)30(37)33-25-14-23(29(35)36)15-31-17-25;;/h2-15,17,20,24,28,32H,16,18-19H2,1H3,(H,33,37)(H,35,36);2*1H/t20-,24+,28-;;/m1../s1. The van der Waals surface area contributed by atoms with Crippen molar-refractivity contribution in [1.82, 2.24) is 15.2 Å². The molecule has 2 amide bonds. The molecule has 0 unspecified atom stereocenters. The van der Waals surface area contributed by atoms with Crippen LogP contribution in [-0.4, -0.2) is 46.6 Å². The number of likely N-dealkylation sites (tertiary alicyclic amines) is 1. The van der Waals surface area contributed by atoms with Crippen molar-refractivity contribution >= 4 is 53.3 Å². The first-order valence-corrected chi connectivity index (χ1v) is 12.5. The lowest BCUT2D eigenvalue weighted by atomic mass is 9.88. The van der Waals surface area contributed by atoms with Crippen molar-refractivity contribution in [3.8, 4) is 0 Å². The number of pyridine rings is 1. The minimum Gasteiger partial charge on any atom is -0.478 e. The van der Waals surface area contributed by atoms with Gasteiger partial charge in [-0.15, -0.1) is 24.8 Å². The maximum Gasteiger partial charge on any atom is 0.337 e. The molecule has 3 N–H and O–H groups in total. The molecule has 0 spiro atoms. The van der Waals surface area contributed by atoms with E-state index in [-0.39, 0.29) is 54.3 Å². The van der Waals surface area contributed by atoms with Crippen LogP contribution < -0.4 is 10.6 Å². The molecule has 1 aliphatic rings. The number of carboxylic acids is 1. The summed E-state index contributed by atoms with van der Waals surface area (Å²) in [4.78, 5) is 30.2. The van der Waals surface area contributed by atoms with E-state index in [2.05, 4.69) is 77.1 Å². The zero-order valence-corrected chi connectivity index (χ0v) is 23.1. The molecule has 7 nitrogen and oxygen atoms in total. The summed E-state index contributed by atoms with van der Waals surface area (Å²) in [6, 6.07) is 26.4. The first-order chi connectivity index (χ1) is 18.0. The normalized spacial score (nSPS) is 17.1. The molecule has 0 aliphatic carbocycles. The molecule has 0 bridgehead atoms. The van der Waals surface area contributed by atoms with Crippen LogP contribution in [0.5, 0.6) is 0 Å². The minimum absolute atomic E-state index is 0. The van der Waals surface area contributed by atoms with E-state index in [0.29, 0.717) is 18.8 Å². The van der Waals surface area contributed by atoms with Crippen molar-refractivity contribution in [2.45, 2.75) is 18.9 Å². The third-order valence-electron chi connectivity index (χ3n) is 7.17. The molecule has 9 heteroatoms. The van der Waals surface area contributed by atoms with E-state index in [1.807, 2.05) is 18.2 Å². The number of hydrogen-bond acceptors (Lipinski definition) is 4. The number of halogens is 2. The Morgan fingerprint density at radius 1 is 0.974 bits per heavy atom. The highest BCUT2D eigenvalue weighted by Gasteiger charge is 2.36. The van der Waals surface area contributed by atoms with Gasteiger partial charge in [0, 0.05) is 37.8 Å². The Bertz CT molecular complexity index is 1410. The van der Waals surface area contributed by atoms with Gasteiger partial charge in [-0.25, -0.2) is 9.59 Å². The van der Waals surface area contributed by atoms with Crippen molar-refractivity contribution in [2.24, 2.45) is 5.92 Å². The van der Waals surface area contributed by atoms with Gasteiger partial charge in [0.1, 0.15) is 0 Å². The second-order valence-corrected chi connectivity index (χ2v) is 9.58. The second kappa shape index (κ2) is 13.4. The number of carboxylic acid groups (broad SMARTS) is 1. The molecule has 0 radical (unpaired) electrons. The molecule has 3 atom stereocenters. The van der Waals surface area contributed by atoms with Gasteiger partial charge in [0.05, 0.1) is 17.4 Å². The van der Waals surface area contributed by atoms with Crippen molar-refractivity contribution in [1.29, 1.82) is 0 Å². The van der Waals surface area contributed by atoms with Gasteiger partial charge in [-0.3, -0.25) is 4.98 Å². The van der Waals surface area contributed by atoms with Crippen molar-refractivity contribution in [3.63, 3.8) is 0 Å². The Balaban J connectivity index is 0.00000210. The molecule has 5 rings (SSSR count). The first-order valence-electron chi connectivity index (χ1n) is 12.5. The van der Waals surface area contributed by atoms with E-state index in [4.69, 9.17) is 0 Å². The number of aromatic carboxylic acids is 1. The Morgan fingerprint density at radius 3 is 2.46 bits per heavy atom. The number of nitrogens with zero attached hydrogens (tertiary/aromatic N) is 2. The zero-order chi connectivity index (χ0) is 25.8. The molecular weight excluding hydrogens is 535 g/mol. The van der Waals surface area contributed by atoms with Crippen LogP contribution in [0.2, 0.25) is 0 Å². The van der Waals surface area contributed by atoms with Gasteiger partial charge >= 0.3 is 12.0 Å². The molecule has 0 saturated carbocycles. The highest BCUT2D eigenvalue weighted by molar-refractivity contribution is 5.93. The predicted octanol–water partition coefficient (Wildman–Crippen LogP) is 6.37. The van der Waals surface area contributed by atoms with Crippen LogP contribution in [0.25, 0.3) is 10.8 Å².